The van der Waals surface area contributed by atoms with Crippen LogP contribution in [-0.4, -0.2) is 14.3 Å². The molecule has 1 rings (SSSR count). The van der Waals surface area contributed by atoms with Gasteiger partial charge >= 0.3 is 6.18 Å². The Morgan fingerprint density at radius 3 is 2.06 bits per heavy atom. The largest absolute Gasteiger partial charge is 0.423 e. The van der Waals surface area contributed by atoms with Crippen LogP contribution in [0.2, 0.25) is 19.6 Å². The summed E-state index contributed by atoms with van der Waals surface area (Å²) in [5, 5.41) is 0. The molecule has 0 aromatic heterocycles. The molecule has 0 radical (unpaired) electrons. The second-order valence-electron chi connectivity index (χ2n) is 6.38. The minimum absolute atomic E-state index is 0.0113. The third-order valence-electron chi connectivity index (χ3n) is 2.84. The average molecular weight is 260 g/mol. The Kier molecular flexibility index (Phi) is 3.55. The molecule has 0 bridgehead atoms. The molecule has 0 spiro atoms. The van der Waals surface area contributed by atoms with Crippen LogP contribution in [0.4, 0.5) is 13.2 Å². The van der Waals surface area contributed by atoms with E-state index in [9.17, 15) is 13.2 Å². The van der Waals surface area contributed by atoms with E-state index in [1.165, 1.54) is 6.08 Å². The van der Waals surface area contributed by atoms with Crippen LogP contribution < -0.4 is 0 Å². The van der Waals surface area contributed by atoms with Gasteiger partial charge in [-0.1, -0.05) is 45.5 Å². The van der Waals surface area contributed by atoms with Gasteiger partial charge in [0.1, 0.15) is 13.6 Å². The lowest BCUT2D eigenvalue weighted by molar-refractivity contribution is -0.0875. The molecule has 0 aromatic rings. The standard InChI is InChI=1S/C13H19F3Si/c1-12(2)9-11(12)8-10(13(14,15)16)6-7-17(3,4)5/h8,11H,9H2,1-5H3. The zero-order valence-corrected chi connectivity index (χ0v) is 12.0. The monoisotopic (exact) mass is 260 g/mol. The number of allylic oxidation sites excluding steroid dienone is 2. The van der Waals surface area contributed by atoms with E-state index >= 15 is 0 Å². The molecule has 0 N–H and O–H groups in total. The van der Waals surface area contributed by atoms with Crippen molar-refractivity contribution in [3.63, 3.8) is 0 Å². The Hall–Kier alpha value is -0.693. The molecule has 0 nitrogen and oxygen atoms in total. The van der Waals surface area contributed by atoms with Crippen molar-refractivity contribution in [1.82, 2.24) is 0 Å². The Balaban J connectivity index is 2.94. The first kappa shape index (κ1) is 14.4. The molecule has 1 unspecified atom stereocenters. The van der Waals surface area contributed by atoms with Crippen molar-refractivity contribution in [3.8, 4) is 11.5 Å². The summed E-state index contributed by atoms with van der Waals surface area (Å²) in [5.74, 6) is 2.38. The number of rotatable bonds is 1. The van der Waals surface area contributed by atoms with E-state index in [1.807, 2.05) is 33.5 Å². The second-order valence-corrected chi connectivity index (χ2v) is 11.1. The van der Waals surface area contributed by atoms with Crippen molar-refractivity contribution in [2.24, 2.45) is 11.3 Å². The zero-order chi connectivity index (χ0) is 13.5. The lowest BCUT2D eigenvalue weighted by atomic mass is 10.1. The fourth-order valence-electron chi connectivity index (χ4n) is 1.46. The fraction of sp³-hybridized carbons (Fsp3) is 0.692. The van der Waals surface area contributed by atoms with Gasteiger partial charge in [-0.3, -0.25) is 0 Å². The van der Waals surface area contributed by atoms with Crippen molar-refractivity contribution in [1.29, 1.82) is 0 Å². The molecule has 1 aliphatic carbocycles. The molecular formula is C13H19F3Si. The Labute approximate surface area is 102 Å². The molecule has 1 atom stereocenters. The number of alkyl halides is 3. The summed E-state index contributed by atoms with van der Waals surface area (Å²) in [6, 6.07) is 0. The first-order chi connectivity index (χ1) is 7.42. The van der Waals surface area contributed by atoms with Gasteiger partial charge in [0, 0.05) is 0 Å². The van der Waals surface area contributed by atoms with Gasteiger partial charge in [0.05, 0.1) is 0 Å². The van der Waals surface area contributed by atoms with Crippen LogP contribution in [0.5, 0.6) is 0 Å². The third-order valence-corrected chi connectivity index (χ3v) is 3.71. The highest BCUT2D eigenvalue weighted by Gasteiger charge is 2.46. The highest BCUT2D eigenvalue weighted by Crippen LogP contribution is 2.53. The van der Waals surface area contributed by atoms with Crippen LogP contribution in [0.25, 0.3) is 0 Å². The van der Waals surface area contributed by atoms with E-state index in [4.69, 9.17) is 0 Å². The average Bonchev–Trinajstić information content (AvgIpc) is 2.63. The summed E-state index contributed by atoms with van der Waals surface area (Å²) < 4.78 is 38.3. The molecule has 1 saturated carbocycles. The van der Waals surface area contributed by atoms with E-state index in [-0.39, 0.29) is 11.3 Å². The van der Waals surface area contributed by atoms with Gasteiger partial charge in [-0.05, 0) is 17.8 Å². The summed E-state index contributed by atoms with van der Waals surface area (Å²) in [6.07, 6.45) is -2.18. The van der Waals surface area contributed by atoms with Crippen molar-refractivity contribution in [2.75, 3.05) is 0 Å². The van der Waals surface area contributed by atoms with E-state index < -0.39 is 19.8 Å². The van der Waals surface area contributed by atoms with E-state index in [2.05, 4.69) is 11.5 Å². The first-order valence-electron chi connectivity index (χ1n) is 5.74. The van der Waals surface area contributed by atoms with E-state index in [0.717, 1.165) is 6.42 Å². The molecule has 0 amide bonds. The Bertz CT molecular complexity index is 386. The van der Waals surface area contributed by atoms with Crippen molar-refractivity contribution < 1.29 is 13.2 Å². The van der Waals surface area contributed by atoms with Crippen molar-refractivity contribution in [3.05, 3.63) is 11.6 Å². The van der Waals surface area contributed by atoms with Crippen molar-refractivity contribution >= 4 is 8.07 Å². The predicted octanol–water partition coefficient (Wildman–Crippen LogP) is 4.40. The van der Waals surface area contributed by atoms with Crippen LogP contribution in [0.15, 0.2) is 11.6 Å². The lowest BCUT2D eigenvalue weighted by Gasteiger charge is -2.08. The van der Waals surface area contributed by atoms with Gasteiger partial charge in [0.2, 0.25) is 0 Å². The molecule has 0 heterocycles. The van der Waals surface area contributed by atoms with Crippen LogP contribution in [0, 0.1) is 22.8 Å². The van der Waals surface area contributed by atoms with Crippen LogP contribution in [0.1, 0.15) is 20.3 Å². The van der Waals surface area contributed by atoms with E-state index in [0.29, 0.717) is 0 Å². The van der Waals surface area contributed by atoms with Gasteiger partial charge < -0.3 is 0 Å². The highest BCUT2D eigenvalue weighted by molar-refractivity contribution is 6.83. The summed E-state index contributed by atoms with van der Waals surface area (Å²) >= 11 is 0. The van der Waals surface area contributed by atoms with Crippen molar-refractivity contribution in [2.45, 2.75) is 46.1 Å². The minimum Gasteiger partial charge on any atom is -0.165 e. The maximum atomic E-state index is 12.8. The molecular weight excluding hydrogens is 241 g/mol. The smallest absolute Gasteiger partial charge is 0.165 e. The molecule has 1 fully saturated rings. The van der Waals surface area contributed by atoms with E-state index in [1.54, 1.807) is 0 Å². The van der Waals surface area contributed by atoms with Crippen LogP contribution >= 0.6 is 0 Å². The molecule has 96 valence electrons. The predicted molar refractivity (Wildman–Crippen MR) is 67.1 cm³/mol. The molecule has 0 aromatic carbocycles. The van der Waals surface area contributed by atoms with Gasteiger partial charge in [-0.15, -0.1) is 5.54 Å². The van der Waals surface area contributed by atoms with Gasteiger partial charge in [0.25, 0.3) is 0 Å². The Morgan fingerprint density at radius 1 is 1.29 bits per heavy atom. The molecule has 0 aliphatic heterocycles. The Morgan fingerprint density at radius 2 is 1.76 bits per heavy atom. The third kappa shape index (κ3) is 4.59. The number of hydrogen-bond acceptors (Lipinski definition) is 0. The summed E-state index contributed by atoms with van der Waals surface area (Å²) in [6.45, 7) is 9.78. The summed E-state index contributed by atoms with van der Waals surface area (Å²) in [5.41, 5.74) is 2.14. The summed E-state index contributed by atoms with van der Waals surface area (Å²) in [4.78, 5) is 0. The number of halogens is 3. The fourth-order valence-corrected chi connectivity index (χ4v) is 1.97. The molecule has 1 aliphatic rings. The molecule has 17 heavy (non-hydrogen) atoms. The molecule has 0 saturated heterocycles. The zero-order valence-electron chi connectivity index (χ0n) is 11.0. The van der Waals surface area contributed by atoms with Crippen LogP contribution in [-0.2, 0) is 0 Å². The van der Waals surface area contributed by atoms with Gasteiger partial charge in [-0.25, -0.2) is 0 Å². The first-order valence-corrected chi connectivity index (χ1v) is 9.24. The lowest BCUT2D eigenvalue weighted by Crippen LogP contribution is -2.18. The highest BCUT2D eigenvalue weighted by atomic mass is 28.3. The topological polar surface area (TPSA) is 0 Å². The van der Waals surface area contributed by atoms with Gasteiger partial charge in [-0.2, -0.15) is 13.2 Å². The quantitative estimate of drug-likeness (QED) is 0.484. The minimum atomic E-state index is -4.31. The normalized spacial score (nSPS) is 24.0. The summed E-state index contributed by atoms with van der Waals surface area (Å²) in [7, 11) is -1.77. The van der Waals surface area contributed by atoms with Crippen LogP contribution in [0.3, 0.4) is 0 Å². The van der Waals surface area contributed by atoms with Gasteiger partial charge in [0.15, 0.2) is 0 Å². The second kappa shape index (κ2) is 4.20. The SMILES string of the molecule is CC1(C)CC1C=C(C#C[Si](C)(C)C)C(F)(F)F. The maximum Gasteiger partial charge on any atom is 0.423 e. The number of hydrogen-bond donors (Lipinski definition) is 0. The molecule has 4 heteroatoms. The maximum absolute atomic E-state index is 12.8.